The van der Waals surface area contributed by atoms with Crippen LogP contribution >= 0.6 is 11.8 Å². The number of rotatable bonds is 3. The molecule has 2 rings (SSSR count). The molecule has 0 radical (unpaired) electrons. The molecule has 1 aliphatic heterocycles. The van der Waals surface area contributed by atoms with Crippen LogP contribution in [-0.4, -0.2) is 39.3 Å². The summed E-state index contributed by atoms with van der Waals surface area (Å²) in [5.74, 6) is -1.89. The van der Waals surface area contributed by atoms with Gasteiger partial charge in [-0.15, -0.1) is 11.8 Å². The summed E-state index contributed by atoms with van der Waals surface area (Å²) in [4.78, 5) is 36.4. The summed E-state index contributed by atoms with van der Waals surface area (Å²) < 4.78 is 0. The summed E-state index contributed by atoms with van der Waals surface area (Å²) in [6, 6.07) is 8.34. The van der Waals surface area contributed by atoms with Crippen molar-refractivity contribution >= 4 is 29.5 Å². The van der Waals surface area contributed by atoms with Crippen molar-refractivity contribution in [3.63, 3.8) is 0 Å². The van der Waals surface area contributed by atoms with Crippen LogP contribution in [0.15, 0.2) is 30.3 Å². The second-order valence-electron chi connectivity index (χ2n) is 4.36. The van der Waals surface area contributed by atoms with E-state index in [0.29, 0.717) is 5.56 Å². The maximum absolute atomic E-state index is 12.0. The second-order valence-corrected chi connectivity index (χ2v) is 5.34. The Bertz CT molecular complexity index is 515. The van der Waals surface area contributed by atoms with Crippen LogP contribution in [0.3, 0.4) is 0 Å². The minimum absolute atomic E-state index is 0.126. The number of amides is 2. The fourth-order valence-electron chi connectivity index (χ4n) is 2.10. The van der Waals surface area contributed by atoms with Gasteiger partial charge in [0.25, 0.3) is 0 Å². The molecule has 1 unspecified atom stereocenters. The van der Waals surface area contributed by atoms with Gasteiger partial charge >= 0.3 is 5.97 Å². The predicted octanol–water partition coefficient (Wildman–Crippen LogP) is 1.09. The molecule has 1 aromatic rings. The number of carboxylic acid groups (broad SMARTS) is 1. The standard InChI is InChI=1S/C13H13NO4S/c1-13(12(17)18,9-5-3-2-4-6-9)14-10(15)7-19-8-11(14)16/h2-6H,7-8H2,1H3,(H,17,18). The average Bonchev–Trinajstić information content (AvgIpc) is 2.39. The van der Waals surface area contributed by atoms with Crippen molar-refractivity contribution in [1.82, 2.24) is 4.90 Å². The Kier molecular flexibility index (Phi) is 3.61. The Hall–Kier alpha value is -1.82. The molecule has 1 atom stereocenters. The van der Waals surface area contributed by atoms with Gasteiger partial charge in [-0.05, 0) is 12.5 Å². The van der Waals surface area contributed by atoms with E-state index >= 15 is 0 Å². The summed E-state index contributed by atoms with van der Waals surface area (Å²) in [7, 11) is 0. The third-order valence-corrected chi connectivity index (χ3v) is 4.05. The highest BCUT2D eigenvalue weighted by atomic mass is 32.2. The van der Waals surface area contributed by atoms with Crippen molar-refractivity contribution in [2.24, 2.45) is 0 Å². The SMILES string of the molecule is CC(C(=O)O)(c1ccccc1)N1C(=O)CSCC1=O. The van der Waals surface area contributed by atoms with Gasteiger partial charge in [-0.1, -0.05) is 30.3 Å². The largest absolute Gasteiger partial charge is 0.479 e. The smallest absolute Gasteiger partial charge is 0.334 e. The van der Waals surface area contributed by atoms with Crippen molar-refractivity contribution in [2.75, 3.05) is 11.5 Å². The molecule has 19 heavy (non-hydrogen) atoms. The van der Waals surface area contributed by atoms with E-state index in [9.17, 15) is 19.5 Å². The Morgan fingerprint density at radius 2 is 1.74 bits per heavy atom. The van der Waals surface area contributed by atoms with E-state index in [0.717, 1.165) is 4.90 Å². The summed E-state index contributed by atoms with van der Waals surface area (Å²) in [6.07, 6.45) is 0. The van der Waals surface area contributed by atoms with Gasteiger partial charge in [0.15, 0.2) is 5.54 Å². The maximum atomic E-state index is 12.0. The van der Waals surface area contributed by atoms with Crippen molar-refractivity contribution in [2.45, 2.75) is 12.5 Å². The normalized spacial score (nSPS) is 19.1. The Labute approximate surface area is 114 Å². The highest BCUT2D eigenvalue weighted by Crippen LogP contribution is 2.32. The topological polar surface area (TPSA) is 74.7 Å². The van der Waals surface area contributed by atoms with Crippen LogP contribution in [0.5, 0.6) is 0 Å². The minimum atomic E-state index is -1.66. The van der Waals surface area contributed by atoms with E-state index in [1.54, 1.807) is 30.3 Å². The highest BCUT2D eigenvalue weighted by Gasteiger charge is 2.48. The van der Waals surface area contributed by atoms with E-state index in [2.05, 4.69) is 0 Å². The Morgan fingerprint density at radius 1 is 1.21 bits per heavy atom. The quantitative estimate of drug-likeness (QED) is 0.838. The Morgan fingerprint density at radius 3 is 2.21 bits per heavy atom. The molecule has 0 spiro atoms. The minimum Gasteiger partial charge on any atom is -0.479 e. The van der Waals surface area contributed by atoms with E-state index in [-0.39, 0.29) is 11.5 Å². The van der Waals surface area contributed by atoms with Crippen molar-refractivity contribution in [3.05, 3.63) is 35.9 Å². The number of thioether (sulfide) groups is 1. The van der Waals surface area contributed by atoms with Crippen molar-refractivity contribution in [1.29, 1.82) is 0 Å². The molecule has 1 saturated heterocycles. The second kappa shape index (κ2) is 5.05. The van der Waals surface area contributed by atoms with Gasteiger partial charge in [-0.25, -0.2) is 4.79 Å². The zero-order valence-electron chi connectivity index (χ0n) is 10.3. The molecule has 2 amide bonds. The third kappa shape index (κ3) is 2.23. The average molecular weight is 279 g/mol. The molecule has 5 nitrogen and oxygen atoms in total. The summed E-state index contributed by atoms with van der Waals surface area (Å²) in [5, 5.41) is 9.52. The monoisotopic (exact) mass is 279 g/mol. The zero-order chi connectivity index (χ0) is 14.0. The summed E-state index contributed by atoms with van der Waals surface area (Å²) >= 11 is 1.20. The van der Waals surface area contributed by atoms with Crippen molar-refractivity contribution in [3.8, 4) is 0 Å². The summed E-state index contributed by atoms with van der Waals surface area (Å²) in [6.45, 7) is 1.39. The van der Waals surface area contributed by atoms with Crippen LogP contribution in [0.4, 0.5) is 0 Å². The molecule has 1 N–H and O–H groups in total. The lowest BCUT2D eigenvalue weighted by Crippen LogP contribution is -2.58. The fourth-order valence-corrected chi connectivity index (χ4v) is 2.81. The lowest BCUT2D eigenvalue weighted by atomic mass is 9.89. The maximum Gasteiger partial charge on any atom is 0.334 e. The van der Waals surface area contributed by atoms with Gasteiger partial charge in [0, 0.05) is 0 Å². The lowest BCUT2D eigenvalue weighted by molar-refractivity contribution is -0.164. The first kappa shape index (κ1) is 13.6. The first-order chi connectivity index (χ1) is 8.98. The molecule has 6 heteroatoms. The summed E-state index contributed by atoms with van der Waals surface area (Å²) in [5.41, 5.74) is -1.24. The van der Waals surface area contributed by atoms with Crippen LogP contribution in [0.2, 0.25) is 0 Å². The Balaban J connectivity index is 2.53. The molecule has 1 aliphatic rings. The molecular formula is C13H13NO4S. The van der Waals surface area contributed by atoms with Gasteiger partial charge in [-0.2, -0.15) is 0 Å². The van der Waals surface area contributed by atoms with Crippen LogP contribution in [0.25, 0.3) is 0 Å². The van der Waals surface area contributed by atoms with Crippen molar-refractivity contribution < 1.29 is 19.5 Å². The molecule has 0 saturated carbocycles. The van der Waals surface area contributed by atoms with Gasteiger partial charge in [0.05, 0.1) is 11.5 Å². The molecular weight excluding hydrogens is 266 g/mol. The van der Waals surface area contributed by atoms with Crippen LogP contribution < -0.4 is 0 Å². The van der Waals surface area contributed by atoms with Gasteiger partial charge in [0.2, 0.25) is 11.8 Å². The number of aliphatic carboxylic acids is 1. The highest BCUT2D eigenvalue weighted by molar-refractivity contribution is 8.00. The number of hydrogen-bond acceptors (Lipinski definition) is 4. The number of nitrogens with zero attached hydrogens (tertiary/aromatic N) is 1. The molecule has 1 heterocycles. The third-order valence-electron chi connectivity index (χ3n) is 3.15. The van der Waals surface area contributed by atoms with E-state index in [1.165, 1.54) is 18.7 Å². The predicted molar refractivity (Wildman–Crippen MR) is 70.6 cm³/mol. The zero-order valence-corrected chi connectivity index (χ0v) is 11.1. The molecule has 100 valence electrons. The number of benzene rings is 1. The lowest BCUT2D eigenvalue weighted by Gasteiger charge is -2.38. The number of carbonyl (C=O) groups excluding carboxylic acids is 2. The molecule has 1 fully saturated rings. The molecule has 0 aromatic heterocycles. The number of imide groups is 1. The van der Waals surface area contributed by atoms with E-state index in [4.69, 9.17) is 0 Å². The molecule has 0 aliphatic carbocycles. The van der Waals surface area contributed by atoms with Crippen LogP contribution in [0, 0.1) is 0 Å². The fraction of sp³-hybridized carbons (Fsp3) is 0.308. The van der Waals surface area contributed by atoms with E-state index in [1.807, 2.05) is 0 Å². The van der Waals surface area contributed by atoms with Gasteiger partial charge < -0.3 is 5.11 Å². The molecule has 0 bridgehead atoms. The number of hydrogen-bond donors (Lipinski definition) is 1. The van der Waals surface area contributed by atoms with Gasteiger partial charge in [-0.3, -0.25) is 14.5 Å². The first-order valence-electron chi connectivity index (χ1n) is 5.70. The number of carboxylic acids is 1. The van der Waals surface area contributed by atoms with Crippen LogP contribution in [0.1, 0.15) is 12.5 Å². The van der Waals surface area contributed by atoms with E-state index < -0.39 is 23.3 Å². The molecule has 1 aromatic carbocycles. The van der Waals surface area contributed by atoms with Crippen LogP contribution in [-0.2, 0) is 19.9 Å². The first-order valence-corrected chi connectivity index (χ1v) is 6.86. The van der Waals surface area contributed by atoms with Gasteiger partial charge in [0.1, 0.15) is 0 Å². The number of carbonyl (C=O) groups is 3.